The van der Waals surface area contributed by atoms with Crippen molar-refractivity contribution in [3.63, 3.8) is 0 Å². The van der Waals surface area contributed by atoms with Crippen LogP contribution in [0.5, 0.6) is 0 Å². The van der Waals surface area contributed by atoms with E-state index in [9.17, 15) is 0 Å². The zero-order chi connectivity index (χ0) is 9.80. The van der Waals surface area contributed by atoms with Crippen LogP contribution in [0, 0.1) is 0 Å². The fraction of sp³-hybridized carbons (Fsp3) is 0.0909. The molecule has 0 aliphatic rings. The van der Waals surface area contributed by atoms with E-state index in [4.69, 9.17) is 0 Å². The van der Waals surface area contributed by atoms with Crippen LogP contribution in [0.3, 0.4) is 0 Å². The van der Waals surface area contributed by atoms with Crippen LogP contribution in [0.15, 0.2) is 53.9 Å². The fourth-order valence-corrected chi connectivity index (χ4v) is 1.41. The van der Waals surface area contributed by atoms with Crippen molar-refractivity contribution in [1.82, 2.24) is 4.98 Å². The molecule has 0 saturated carbocycles. The lowest BCUT2D eigenvalue weighted by Crippen LogP contribution is -2.33. The van der Waals surface area contributed by atoms with Crippen LogP contribution in [0.4, 0.5) is 0 Å². The molecule has 2 rings (SSSR count). The Labute approximate surface area is 88.7 Å². The molecule has 0 aliphatic heterocycles. The number of benzene rings is 1. The van der Waals surface area contributed by atoms with Crippen LogP contribution in [-0.2, 0) is 6.54 Å². The predicted molar refractivity (Wildman–Crippen MR) is 57.2 cm³/mol. The molecule has 2 aromatic rings. The molecular formula is C11H11N2S+. The van der Waals surface area contributed by atoms with Crippen molar-refractivity contribution >= 4 is 12.6 Å². The van der Waals surface area contributed by atoms with E-state index in [1.54, 1.807) is 12.4 Å². The molecule has 14 heavy (non-hydrogen) atoms. The van der Waals surface area contributed by atoms with Crippen LogP contribution >= 0.6 is 12.6 Å². The number of hydrogen-bond acceptors (Lipinski definition) is 2. The van der Waals surface area contributed by atoms with E-state index in [1.807, 2.05) is 24.5 Å². The molecule has 0 aliphatic carbocycles. The Morgan fingerprint density at radius 1 is 1.07 bits per heavy atom. The summed E-state index contributed by atoms with van der Waals surface area (Å²) in [4.78, 5) is 4.96. The lowest BCUT2D eigenvalue weighted by molar-refractivity contribution is -0.688. The summed E-state index contributed by atoms with van der Waals surface area (Å²) >= 11 is 4.24. The Kier molecular flexibility index (Phi) is 2.79. The molecule has 1 aromatic carbocycles. The summed E-state index contributed by atoms with van der Waals surface area (Å²) in [5.74, 6) is 0. The Bertz CT molecular complexity index is 397. The molecule has 0 N–H and O–H groups in total. The predicted octanol–water partition coefficient (Wildman–Crippen LogP) is 1.71. The Morgan fingerprint density at radius 3 is 2.36 bits per heavy atom. The molecule has 0 atom stereocenters. The summed E-state index contributed by atoms with van der Waals surface area (Å²) < 4.78 is 2.08. The third-order valence-corrected chi connectivity index (χ3v) is 2.29. The minimum absolute atomic E-state index is 0.872. The van der Waals surface area contributed by atoms with E-state index < -0.39 is 0 Å². The zero-order valence-electron chi connectivity index (χ0n) is 7.67. The van der Waals surface area contributed by atoms with Gasteiger partial charge in [0, 0.05) is 10.5 Å². The SMILES string of the molecule is Sc1ccc(C[n+]2ccncc2)cc1. The molecule has 1 aromatic heterocycles. The van der Waals surface area contributed by atoms with Crippen LogP contribution in [0.2, 0.25) is 0 Å². The second-order valence-electron chi connectivity index (χ2n) is 3.08. The third kappa shape index (κ3) is 2.33. The monoisotopic (exact) mass is 203 g/mol. The average Bonchev–Trinajstić information content (AvgIpc) is 2.23. The Balaban J connectivity index is 2.16. The Morgan fingerprint density at radius 2 is 1.71 bits per heavy atom. The summed E-state index contributed by atoms with van der Waals surface area (Å²) in [6, 6.07) is 8.16. The minimum Gasteiger partial charge on any atom is -0.252 e. The van der Waals surface area contributed by atoms with Gasteiger partial charge >= 0.3 is 0 Å². The first-order chi connectivity index (χ1) is 6.84. The molecular weight excluding hydrogens is 192 g/mol. The van der Waals surface area contributed by atoms with Gasteiger partial charge in [-0.2, -0.15) is 4.57 Å². The van der Waals surface area contributed by atoms with Gasteiger partial charge in [0.05, 0.1) is 12.4 Å². The molecule has 0 amide bonds. The highest BCUT2D eigenvalue weighted by Crippen LogP contribution is 2.06. The number of aromatic nitrogens is 2. The molecule has 0 saturated heterocycles. The van der Waals surface area contributed by atoms with E-state index >= 15 is 0 Å². The lowest BCUT2D eigenvalue weighted by Gasteiger charge is -1.97. The van der Waals surface area contributed by atoms with Crippen molar-refractivity contribution in [2.24, 2.45) is 0 Å². The van der Waals surface area contributed by atoms with E-state index in [2.05, 4.69) is 34.3 Å². The number of rotatable bonds is 2. The van der Waals surface area contributed by atoms with E-state index in [1.165, 1.54) is 5.56 Å². The molecule has 0 fully saturated rings. The maximum Gasteiger partial charge on any atom is 0.187 e. The highest BCUT2D eigenvalue weighted by atomic mass is 32.1. The first-order valence-corrected chi connectivity index (χ1v) is 4.86. The summed E-state index contributed by atoms with van der Waals surface area (Å²) in [6.45, 7) is 0.872. The quantitative estimate of drug-likeness (QED) is 0.580. The van der Waals surface area contributed by atoms with Gasteiger partial charge in [0.1, 0.15) is 0 Å². The van der Waals surface area contributed by atoms with Crippen molar-refractivity contribution in [3.8, 4) is 0 Å². The van der Waals surface area contributed by atoms with Crippen LogP contribution in [-0.4, -0.2) is 4.98 Å². The first-order valence-electron chi connectivity index (χ1n) is 4.41. The van der Waals surface area contributed by atoms with Gasteiger partial charge in [0.15, 0.2) is 18.9 Å². The van der Waals surface area contributed by atoms with Crippen LogP contribution in [0.1, 0.15) is 5.56 Å². The van der Waals surface area contributed by atoms with Crippen molar-refractivity contribution in [1.29, 1.82) is 0 Å². The second kappa shape index (κ2) is 4.24. The Hall–Kier alpha value is -1.35. The van der Waals surface area contributed by atoms with Gasteiger partial charge in [-0.3, -0.25) is 4.98 Å². The molecule has 3 heteroatoms. The molecule has 1 heterocycles. The second-order valence-corrected chi connectivity index (χ2v) is 3.60. The number of thiol groups is 1. The van der Waals surface area contributed by atoms with Gasteiger partial charge in [0.25, 0.3) is 0 Å². The highest BCUT2D eigenvalue weighted by molar-refractivity contribution is 7.80. The topological polar surface area (TPSA) is 16.8 Å². The molecule has 0 bridgehead atoms. The molecule has 2 nitrogen and oxygen atoms in total. The number of hydrogen-bond donors (Lipinski definition) is 1. The van der Waals surface area contributed by atoms with E-state index in [0.29, 0.717) is 0 Å². The van der Waals surface area contributed by atoms with E-state index in [0.717, 1.165) is 11.4 Å². The average molecular weight is 203 g/mol. The normalized spacial score (nSPS) is 10.1. The zero-order valence-corrected chi connectivity index (χ0v) is 8.56. The molecule has 0 unspecified atom stereocenters. The maximum absolute atomic E-state index is 4.24. The van der Waals surface area contributed by atoms with Crippen molar-refractivity contribution < 1.29 is 4.57 Å². The van der Waals surface area contributed by atoms with Crippen LogP contribution in [0.25, 0.3) is 0 Å². The first kappa shape index (κ1) is 9.21. The summed E-state index contributed by atoms with van der Waals surface area (Å²) in [5.41, 5.74) is 1.26. The van der Waals surface area contributed by atoms with Crippen molar-refractivity contribution in [2.45, 2.75) is 11.4 Å². The molecule has 0 radical (unpaired) electrons. The van der Waals surface area contributed by atoms with Gasteiger partial charge in [-0.25, -0.2) is 0 Å². The smallest absolute Gasteiger partial charge is 0.187 e. The standard InChI is InChI=1S/C11H10N2S/c14-11-3-1-10(2-4-11)9-13-7-5-12-6-8-13/h1-8H,9H2/p+1. The van der Waals surface area contributed by atoms with Gasteiger partial charge < -0.3 is 0 Å². The maximum atomic E-state index is 4.24. The third-order valence-electron chi connectivity index (χ3n) is 1.99. The summed E-state index contributed by atoms with van der Waals surface area (Å²) in [5, 5.41) is 0. The van der Waals surface area contributed by atoms with Crippen molar-refractivity contribution in [3.05, 3.63) is 54.6 Å². The molecule has 0 spiro atoms. The lowest BCUT2D eigenvalue weighted by atomic mass is 10.2. The number of nitrogens with zero attached hydrogens (tertiary/aromatic N) is 2. The van der Waals surface area contributed by atoms with Gasteiger partial charge in [-0.05, 0) is 12.1 Å². The van der Waals surface area contributed by atoms with Gasteiger partial charge in [0.2, 0.25) is 0 Å². The largest absolute Gasteiger partial charge is 0.252 e. The van der Waals surface area contributed by atoms with E-state index in [-0.39, 0.29) is 0 Å². The van der Waals surface area contributed by atoms with Gasteiger partial charge in [-0.15, -0.1) is 12.6 Å². The fourth-order valence-electron chi connectivity index (χ4n) is 1.27. The van der Waals surface area contributed by atoms with Gasteiger partial charge in [-0.1, -0.05) is 12.1 Å². The summed E-state index contributed by atoms with van der Waals surface area (Å²) in [7, 11) is 0. The minimum atomic E-state index is 0.872. The van der Waals surface area contributed by atoms with Crippen molar-refractivity contribution in [2.75, 3.05) is 0 Å². The van der Waals surface area contributed by atoms with Crippen LogP contribution < -0.4 is 4.57 Å². The highest BCUT2D eigenvalue weighted by Gasteiger charge is 2.00. The molecule has 70 valence electrons. The summed E-state index contributed by atoms with van der Waals surface area (Å²) in [6.07, 6.45) is 7.48.